The molecule has 0 fully saturated rings. The van der Waals surface area contributed by atoms with Crippen LogP contribution in [0.1, 0.15) is 0 Å². The molecule has 0 aromatic heterocycles. The molecule has 7 nitrogen and oxygen atoms in total. The van der Waals surface area contributed by atoms with E-state index in [1.807, 2.05) is 0 Å². The van der Waals surface area contributed by atoms with Crippen LogP contribution in [0, 0.1) is 0 Å². The maximum Gasteiger partial charge on any atom is 0.370 e. The van der Waals surface area contributed by atoms with Crippen LogP contribution in [-0.2, 0) is 14.9 Å². The smallest absolute Gasteiger partial charge is 0.370 e. The van der Waals surface area contributed by atoms with Crippen molar-refractivity contribution in [1.29, 1.82) is 0 Å². The van der Waals surface area contributed by atoms with Gasteiger partial charge in [-0.3, -0.25) is 9.04 Å². The summed E-state index contributed by atoms with van der Waals surface area (Å²) in [5.41, 5.74) is 0. The molecule has 0 radical (unpaired) electrons. The van der Waals surface area contributed by atoms with Crippen LogP contribution in [-0.4, -0.2) is 54.7 Å². The second kappa shape index (κ2) is 2.91. The predicted molar refractivity (Wildman–Crippen MR) is 39.5 cm³/mol. The van der Waals surface area contributed by atoms with Crippen molar-refractivity contribution in [2.24, 2.45) is 0 Å². The number of carbonyl (C=O) groups excluding carboxylic acids is 1. The Labute approximate surface area is 75.5 Å². The third kappa shape index (κ3) is 1.80. The maximum absolute atomic E-state index is 10.6. The van der Waals surface area contributed by atoms with E-state index in [4.69, 9.17) is 4.55 Å². The molecule has 0 spiro atoms. The lowest BCUT2D eigenvalue weighted by Crippen LogP contribution is -2.69. The number of carboxylic acid groups (broad SMARTS) is 1. The van der Waals surface area contributed by atoms with Gasteiger partial charge >= 0.3 is 15.2 Å². The van der Waals surface area contributed by atoms with E-state index in [1.54, 1.807) is 0 Å². The first-order chi connectivity index (χ1) is 5.44. The molecule has 0 heterocycles. The van der Waals surface area contributed by atoms with E-state index >= 15 is 0 Å². The molecule has 0 saturated carbocycles. The fraction of sp³-hybridized carbons (Fsp3) is 0.800. The van der Waals surface area contributed by atoms with E-state index in [0.29, 0.717) is 0 Å². The van der Waals surface area contributed by atoms with Crippen molar-refractivity contribution in [3.05, 3.63) is 0 Å². The van der Waals surface area contributed by atoms with E-state index in [1.165, 1.54) is 0 Å². The van der Waals surface area contributed by atoms with Gasteiger partial charge in [-0.15, -0.1) is 0 Å². The summed E-state index contributed by atoms with van der Waals surface area (Å²) >= 11 is 0. The molecule has 0 aliphatic heterocycles. The lowest BCUT2D eigenvalue weighted by Gasteiger charge is -2.38. The SMILES string of the molecule is C[N+](C)(C)C(O)(C(=O)[O-])S(=O)(=O)O. The Morgan fingerprint density at radius 2 is 1.69 bits per heavy atom. The minimum atomic E-state index is -5.16. The van der Waals surface area contributed by atoms with Gasteiger partial charge in [-0.05, 0) is 0 Å². The molecule has 0 amide bonds. The first-order valence-electron chi connectivity index (χ1n) is 3.17. The van der Waals surface area contributed by atoms with Crippen LogP contribution in [0.3, 0.4) is 0 Å². The molecular formula is C5H11NO6S. The van der Waals surface area contributed by atoms with Crippen molar-refractivity contribution in [3.8, 4) is 0 Å². The average Bonchev–Trinajstić information content (AvgIpc) is 1.80. The number of quaternary nitrogens is 1. The minimum absolute atomic E-state index is 0.922. The third-order valence-electron chi connectivity index (χ3n) is 1.53. The number of rotatable bonds is 3. The second-order valence-electron chi connectivity index (χ2n) is 3.38. The maximum atomic E-state index is 10.6. The van der Waals surface area contributed by atoms with Crippen LogP contribution in [0.25, 0.3) is 0 Å². The van der Waals surface area contributed by atoms with Crippen LogP contribution < -0.4 is 5.11 Å². The number of aliphatic hydroxyl groups is 1. The molecule has 0 bridgehead atoms. The lowest BCUT2D eigenvalue weighted by molar-refractivity contribution is -0.923. The number of hydrogen-bond donors (Lipinski definition) is 2. The molecule has 1 unspecified atom stereocenters. The molecular weight excluding hydrogens is 202 g/mol. The Hall–Kier alpha value is -0.700. The summed E-state index contributed by atoms with van der Waals surface area (Å²) in [5, 5.41) is 16.3. The van der Waals surface area contributed by atoms with Gasteiger partial charge in [0.1, 0.15) is 0 Å². The Bertz CT molecular complexity index is 314. The monoisotopic (exact) mass is 213 g/mol. The number of hydrogen-bond acceptors (Lipinski definition) is 5. The van der Waals surface area contributed by atoms with Crippen molar-refractivity contribution in [2.75, 3.05) is 21.1 Å². The van der Waals surface area contributed by atoms with Gasteiger partial charge in [0.25, 0.3) is 0 Å². The van der Waals surface area contributed by atoms with Crippen molar-refractivity contribution in [2.45, 2.75) is 5.06 Å². The first-order valence-corrected chi connectivity index (χ1v) is 4.61. The van der Waals surface area contributed by atoms with Gasteiger partial charge < -0.3 is 15.0 Å². The van der Waals surface area contributed by atoms with Crippen molar-refractivity contribution >= 4 is 16.1 Å². The van der Waals surface area contributed by atoms with Gasteiger partial charge in [-0.2, -0.15) is 8.42 Å². The summed E-state index contributed by atoms with van der Waals surface area (Å²) in [4.78, 5) is 10.4. The molecule has 0 aliphatic carbocycles. The molecule has 8 heteroatoms. The normalized spacial score (nSPS) is 17.9. The Kier molecular flexibility index (Phi) is 2.75. The van der Waals surface area contributed by atoms with Crippen molar-refractivity contribution in [1.82, 2.24) is 0 Å². The summed E-state index contributed by atoms with van der Waals surface area (Å²) < 4.78 is 28.8. The van der Waals surface area contributed by atoms with Crippen LogP contribution in [0.15, 0.2) is 0 Å². The zero-order valence-corrected chi connectivity index (χ0v) is 8.20. The lowest BCUT2D eigenvalue weighted by atomic mass is 10.4. The zero-order valence-electron chi connectivity index (χ0n) is 7.38. The minimum Gasteiger partial charge on any atom is -0.541 e. The highest BCUT2D eigenvalue weighted by atomic mass is 32.2. The quantitative estimate of drug-likeness (QED) is 0.293. The van der Waals surface area contributed by atoms with E-state index in [-0.39, 0.29) is 0 Å². The van der Waals surface area contributed by atoms with Gasteiger partial charge in [-0.1, -0.05) is 0 Å². The standard InChI is InChI=1S/C5H11NO6S/c1-6(2,3)5(9,4(7)8)13(10,11)12/h9H,1-3H3,(H-,7,8,10,11,12). The first kappa shape index (κ1) is 12.3. The van der Waals surface area contributed by atoms with Crippen LogP contribution in [0.4, 0.5) is 0 Å². The molecule has 13 heavy (non-hydrogen) atoms. The molecule has 0 aliphatic rings. The summed E-state index contributed by atoms with van der Waals surface area (Å²) in [6.45, 7) is 0. The van der Waals surface area contributed by atoms with E-state index in [0.717, 1.165) is 21.1 Å². The second-order valence-corrected chi connectivity index (χ2v) is 4.90. The summed E-state index contributed by atoms with van der Waals surface area (Å²) in [6.07, 6.45) is 0. The highest BCUT2D eigenvalue weighted by Crippen LogP contribution is 2.20. The van der Waals surface area contributed by atoms with Crippen molar-refractivity contribution < 1.29 is 32.5 Å². The zero-order chi connectivity index (χ0) is 11.1. The van der Waals surface area contributed by atoms with E-state index in [2.05, 4.69) is 0 Å². The highest BCUT2D eigenvalue weighted by Gasteiger charge is 2.55. The molecule has 1 atom stereocenters. The fourth-order valence-corrected chi connectivity index (χ4v) is 1.63. The molecule has 0 saturated heterocycles. The molecule has 0 rings (SSSR count). The van der Waals surface area contributed by atoms with Gasteiger partial charge in [0.15, 0.2) is 5.97 Å². The van der Waals surface area contributed by atoms with Crippen LogP contribution >= 0.6 is 0 Å². The van der Waals surface area contributed by atoms with E-state index in [9.17, 15) is 23.4 Å². The Balaban J connectivity index is 5.64. The topological polar surface area (TPSA) is 115 Å². The summed E-state index contributed by atoms with van der Waals surface area (Å²) in [6, 6.07) is 0. The van der Waals surface area contributed by atoms with Gasteiger partial charge in [0, 0.05) is 0 Å². The van der Waals surface area contributed by atoms with Crippen molar-refractivity contribution in [3.63, 3.8) is 0 Å². The third-order valence-corrected chi connectivity index (χ3v) is 2.97. The van der Waals surface area contributed by atoms with Gasteiger partial charge in [-0.25, -0.2) is 0 Å². The average molecular weight is 213 g/mol. The van der Waals surface area contributed by atoms with E-state index < -0.39 is 25.6 Å². The number of likely N-dealkylation sites (N-methyl/N-ethyl adjacent to an activating group) is 1. The largest absolute Gasteiger partial charge is 0.541 e. The number of aliphatic carboxylic acids is 1. The Morgan fingerprint density at radius 1 is 1.38 bits per heavy atom. The summed E-state index contributed by atoms with van der Waals surface area (Å²) in [5.74, 6) is -2.28. The summed E-state index contributed by atoms with van der Waals surface area (Å²) in [7, 11) is -1.90. The van der Waals surface area contributed by atoms with Gasteiger partial charge in [0.2, 0.25) is 0 Å². The van der Waals surface area contributed by atoms with Crippen LogP contribution in [0.2, 0.25) is 0 Å². The molecule has 0 aromatic rings. The molecule has 78 valence electrons. The number of carbonyl (C=O) groups is 1. The molecule has 0 aromatic carbocycles. The molecule has 2 N–H and O–H groups in total. The number of nitrogens with zero attached hydrogens (tertiary/aromatic N) is 1. The Morgan fingerprint density at radius 3 is 1.69 bits per heavy atom. The van der Waals surface area contributed by atoms with Crippen LogP contribution in [0.5, 0.6) is 0 Å². The van der Waals surface area contributed by atoms with Gasteiger partial charge in [0.05, 0.1) is 21.1 Å². The highest BCUT2D eigenvalue weighted by molar-refractivity contribution is 7.87. The number of carboxylic acids is 1. The fourth-order valence-electron chi connectivity index (χ4n) is 0.725. The predicted octanol–water partition coefficient (Wildman–Crippen LogP) is -3.02.